The molecule has 1 heterocycles. The van der Waals surface area contributed by atoms with Gasteiger partial charge in [0.25, 0.3) is 0 Å². The van der Waals surface area contributed by atoms with Gasteiger partial charge in [-0.2, -0.15) is 0 Å². The summed E-state index contributed by atoms with van der Waals surface area (Å²) in [5, 5.41) is 3.06. The van der Waals surface area contributed by atoms with Crippen LogP contribution in [0.25, 0.3) is 0 Å². The van der Waals surface area contributed by atoms with Gasteiger partial charge in [0.05, 0.1) is 0 Å². The third-order valence-corrected chi connectivity index (χ3v) is 4.22. The van der Waals surface area contributed by atoms with Crippen LogP contribution in [-0.2, 0) is 6.54 Å². The van der Waals surface area contributed by atoms with Crippen molar-refractivity contribution in [3.63, 3.8) is 0 Å². The molecule has 1 aromatic rings. The van der Waals surface area contributed by atoms with Crippen LogP contribution in [0.5, 0.6) is 0 Å². The van der Waals surface area contributed by atoms with Crippen molar-refractivity contribution < 1.29 is 4.79 Å². The van der Waals surface area contributed by atoms with Crippen molar-refractivity contribution in [1.29, 1.82) is 0 Å². The predicted octanol–water partition coefficient (Wildman–Crippen LogP) is 2.81. The van der Waals surface area contributed by atoms with E-state index in [1.54, 1.807) is 0 Å². The molecule has 0 aliphatic carbocycles. The fourth-order valence-electron chi connectivity index (χ4n) is 3.27. The van der Waals surface area contributed by atoms with E-state index >= 15 is 0 Å². The molecule has 1 saturated heterocycles. The Kier molecular flexibility index (Phi) is 6.25. The number of benzene rings is 1. The Morgan fingerprint density at radius 1 is 1.23 bits per heavy atom. The fraction of sp³-hybridized carbons (Fsp3) is 0.611. The number of rotatable bonds is 5. The second-order valence-corrected chi connectivity index (χ2v) is 6.81. The SMILES string of the molecule is CC1CC(C)CN(C(=O)NCCN(C)Cc2ccccc2)C1. The number of amides is 2. The summed E-state index contributed by atoms with van der Waals surface area (Å²) in [7, 11) is 2.09. The minimum absolute atomic E-state index is 0.0894. The number of carbonyl (C=O) groups excluding carboxylic acids is 1. The third-order valence-electron chi connectivity index (χ3n) is 4.22. The van der Waals surface area contributed by atoms with E-state index < -0.39 is 0 Å². The Morgan fingerprint density at radius 2 is 1.86 bits per heavy atom. The molecule has 4 heteroatoms. The summed E-state index contributed by atoms with van der Waals surface area (Å²) < 4.78 is 0. The molecule has 2 atom stereocenters. The van der Waals surface area contributed by atoms with Crippen LogP contribution < -0.4 is 5.32 Å². The summed E-state index contributed by atoms with van der Waals surface area (Å²) >= 11 is 0. The van der Waals surface area contributed by atoms with Crippen molar-refractivity contribution in [2.45, 2.75) is 26.8 Å². The van der Waals surface area contributed by atoms with Gasteiger partial charge in [-0.15, -0.1) is 0 Å². The molecule has 1 N–H and O–H groups in total. The zero-order chi connectivity index (χ0) is 15.9. The van der Waals surface area contributed by atoms with E-state index in [2.05, 4.69) is 55.4 Å². The lowest BCUT2D eigenvalue weighted by Crippen LogP contribution is -2.48. The standard InChI is InChI=1S/C18H29N3O/c1-15-11-16(2)13-21(12-15)18(22)19-9-10-20(3)14-17-7-5-4-6-8-17/h4-8,15-16H,9-14H2,1-3H3,(H,19,22). The molecule has 0 aromatic heterocycles. The van der Waals surface area contributed by atoms with E-state index in [9.17, 15) is 4.79 Å². The molecule has 2 amide bonds. The smallest absolute Gasteiger partial charge is 0.317 e. The summed E-state index contributed by atoms with van der Waals surface area (Å²) in [5.41, 5.74) is 1.30. The highest BCUT2D eigenvalue weighted by Gasteiger charge is 2.24. The van der Waals surface area contributed by atoms with Crippen molar-refractivity contribution in [2.75, 3.05) is 33.2 Å². The van der Waals surface area contributed by atoms with E-state index in [1.165, 1.54) is 12.0 Å². The van der Waals surface area contributed by atoms with Crippen LogP contribution in [0.3, 0.4) is 0 Å². The topological polar surface area (TPSA) is 35.6 Å². The van der Waals surface area contributed by atoms with Gasteiger partial charge in [-0.05, 0) is 30.9 Å². The van der Waals surface area contributed by atoms with Crippen LogP contribution in [-0.4, -0.2) is 49.1 Å². The maximum atomic E-state index is 12.2. The number of urea groups is 1. The number of piperidine rings is 1. The van der Waals surface area contributed by atoms with Crippen LogP contribution in [0.15, 0.2) is 30.3 Å². The van der Waals surface area contributed by atoms with Gasteiger partial charge in [-0.1, -0.05) is 44.2 Å². The average molecular weight is 303 g/mol. The van der Waals surface area contributed by atoms with Crippen molar-refractivity contribution in [3.05, 3.63) is 35.9 Å². The molecule has 1 aromatic carbocycles. The lowest BCUT2D eigenvalue weighted by atomic mass is 9.92. The number of nitrogens with one attached hydrogen (secondary N) is 1. The highest BCUT2D eigenvalue weighted by Crippen LogP contribution is 2.20. The van der Waals surface area contributed by atoms with E-state index in [0.29, 0.717) is 18.4 Å². The normalized spacial score (nSPS) is 21.9. The summed E-state index contributed by atoms with van der Waals surface area (Å²) in [5.74, 6) is 1.21. The first kappa shape index (κ1) is 16.8. The largest absolute Gasteiger partial charge is 0.337 e. The molecule has 4 nitrogen and oxygen atoms in total. The van der Waals surface area contributed by atoms with Gasteiger partial charge in [0.2, 0.25) is 0 Å². The molecule has 0 spiro atoms. The van der Waals surface area contributed by atoms with Gasteiger partial charge in [0.1, 0.15) is 0 Å². The number of likely N-dealkylation sites (tertiary alicyclic amines) is 1. The molecule has 1 aliphatic heterocycles. The Balaban J connectivity index is 1.68. The van der Waals surface area contributed by atoms with Crippen molar-refractivity contribution >= 4 is 6.03 Å². The van der Waals surface area contributed by atoms with Crippen molar-refractivity contribution in [3.8, 4) is 0 Å². The molecule has 2 rings (SSSR count). The van der Waals surface area contributed by atoms with Gasteiger partial charge < -0.3 is 15.1 Å². The maximum Gasteiger partial charge on any atom is 0.317 e. The Bertz CT molecular complexity index is 453. The van der Waals surface area contributed by atoms with E-state index in [-0.39, 0.29) is 6.03 Å². The van der Waals surface area contributed by atoms with Crippen LogP contribution in [0.4, 0.5) is 4.79 Å². The minimum atomic E-state index is 0.0894. The molecule has 0 saturated carbocycles. The Labute approximate surface area is 134 Å². The molecule has 122 valence electrons. The summed E-state index contributed by atoms with van der Waals surface area (Å²) in [6.07, 6.45) is 1.23. The second kappa shape index (κ2) is 8.18. The second-order valence-electron chi connectivity index (χ2n) is 6.81. The summed E-state index contributed by atoms with van der Waals surface area (Å²) in [6, 6.07) is 10.5. The first-order valence-corrected chi connectivity index (χ1v) is 8.30. The molecular weight excluding hydrogens is 274 g/mol. The zero-order valence-corrected chi connectivity index (χ0v) is 14.1. The van der Waals surface area contributed by atoms with Gasteiger partial charge in [-0.25, -0.2) is 4.79 Å². The zero-order valence-electron chi connectivity index (χ0n) is 14.1. The lowest BCUT2D eigenvalue weighted by molar-refractivity contribution is 0.145. The lowest BCUT2D eigenvalue weighted by Gasteiger charge is -2.35. The van der Waals surface area contributed by atoms with Crippen LogP contribution in [0.2, 0.25) is 0 Å². The number of hydrogen-bond donors (Lipinski definition) is 1. The fourth-order valence-corrected chi connectivity index (χ4v) is 3.27. The first-order valence-electron chi connectivity index (χ1n) is 8.30. The molecule has 1 fully saturated rings. The number of hydrogen-bond acceptors (Lipinski definition) is 2. The number of nitrogens with zero attached hydrogens (tertiary/aromatic N) is 2. The van der Waals surface area contributed by atoms with Gasteiger partial charge in [0.15, 0.2) is 0 Å². The summed E-state index contributed by atoms with van der Waals surface area (Å²) in [6.45, 7) is 8.69. The number of carbonyl (C=O) groups is 1. The molecule has 0 radical (unpaired) electrons. The van der Waals surface area contributed by atoms with Crippen molar-refractivity contribution in [2.24, 2.45) is 11.8 Å². The van der Waals surface area contributed by atoms with E-state index in [0.717, 1.165) is 26.2 Å². The molecule has 0 bridgehead atoms. The minimum Gasteiger partial charge on any atom is -0.337 e. The highest BCUT2D eigenvalue weighted by atomic mass is 16.2. The third kappa shape index (κ3) is 5.34. The van der Waals surface area contributed by atoms with Gasteiger partial charge in [0, 0.05) is 32.7 Å². The van der Waals surface area contributed by atoms with Gasteiger partial charge >= 0.3 is 6.03 Å². The van der Waals surface area contributed by atoms with Crippen molar-refractivity contribution in [1.82, 2.24) is 15.1 Å². The molecule has 22 heavy (non-hydrogen) atoms. The maximum absolute atomic E-state index is 12.2. The monoisotopic (exact) mass is 303 g/mol. The Morgan fingerprint density at radius 3 is 2.50 bits per heavy atom. The first-order chi connectivity index (χ1) is 10.5. The molecule has 1 aliphatic rings. The van der Waals surface area contributed by atoms with Crippen LogP contribution in [0, 0.1) is 11.8 Å². The highest BCUT2D eigenvalue weighted by molar-refractivity contribution is 5.74. The number of likely N-dealkylation sites (N-methyl/N-ethyl adjacent to an activating group) is 1. The molecule has 2 unspecified atom stereocenters. The summed E-state index contributed by atoms with van der Waals surface area (Å²) in [4.78, 5) is 16.4. The van der Waals surface area contributed by atoms with Crippen LogP contribution >= 0.6 is 0 Å². The van der Waals surface area contributed by atoms with Crippen LogP contribution in [0.1, 0.15) is 25.8 Å². The predicted molar refractivity (Wildman–Crippen MR) is 90.7 cm³/mol. The molecular formula is C18H29N3O. The van der Waals surface area contributed by atoms with E-state index in [4.69, 9.17) is 0 Å². The quantitative estimate of drug-likeness (QED) is 0.908. The average Bonchev–Trinajstić information content (AvgIpc) is 2.47. The Hall–Kier alpha value is -1.55. The van der Waals surface area contributed by atoms with E-state index in [1.807, 2.05) is 11.0 Å². The van der Waals surface area contributed by atoms with Gasteiger partial charge in [-0.3, -0.25) is 0 Å².